The summed E-state index contributed by atoms with van der Waals surface area (Å²) in [6.07, 6.45) is 0.203. The first kappa shape index (κ1) is 15.4. The van der Waals surface area contributed by atoms with Gasteiger partial charge in [0, 0.05) is 6.04 Å². The summed E-state index contributed by atoms with van der Waals surface area (Å²) in [4.78, 5) is 0. The number of nitrogens with one attached hydrogen (secondary N) is 1. The molecule has 1 aliphatic carbocycles. The monoisotopic (exact) mass is 309 g/mol. The Kier molecular flexibility index (Phi) is 4.78. The number of hydrogen-bond acceptors (Lipinski definition) is 1. The minimum atomic E-state index is -4.53. The number of halogens is 5. The topological polar surface area (TPSA) is 12.0 Å². The zero-order valence-electron chi connectivity index (χ0n) is 10.8. The van der Waals surface area contributed by atoms with Crippen molar-refractivity contribution in [1.82, 2.24) is 0 Å². The molecule has 1 nitrogen and oxygen atoms in total. The van der Waals surface area contributed by atoms with E-state index >= 15 is 0 Å². The number of rotatable bonds is 2. The fourth-order valence-electron chi connectivity index (χ4n) is 2.43. The highest BCUT2D eigenvalue weighted by molar-refractivity contribution is 6.21. The van der Waals surface area contributed by atoms with E-state index in [2.05, 4.69) is 5.32 Å². The van der Waals surface area contributed by atoms with E-state index in [1.807, 2.05) is 0 Å². The van der Waals surface area contributed by atoms with E-state index in [1.165, 1.54) is 0 Å². The molecule has 0 heterocycles. The molecule has 0 saturated heterocycles. The maximum absolute atomic E-state index is 13.8. The molecule has 1 saturated carbocycles. The summed E-state index contributed by atoms with van der Waals surface area (Å²) in [5.41, 5.74) is -0.903. The number of hydrogen-bond donors (Lipinski definition) is 1. The van der Waals surface area contributed by atoms with E-state index in [-0.39, 0.29) is 17.1 Å². The second kappa shape index (κ2) is 6.20. The summed E-state index contributed by atoms with van der Waals surface area (Å²) in [5, 5.41) is 2.82. The summed E-state index contributed by atoms with van der Waals surface area (Å²) >= 11 is 6.23. The van der Waals surface area contributed by atoms with Crippen LogP contribution in [0.2, 0.25) is 0 Å². The molecule has 1 aromatic carbocycles. The molecule has 0 aliphatic heterocycles. The molecule has 112 valence electrons. The molecule has 20 heavy (non-hydrogen) atoms. The summed E-state index contributed by atoms with van der Waals surface area (Å²) in [5.74, 6) is -0.895. The lowest BCUT2D eigenvalue weighted by molar-refractivity contribution is -0.137. The Balaban J connectivity index is 2.13. The van der Waals surface area contributed by atoms with Crippen molar-refractivity contribution >= 4 is 17.3 Å². The number of benzene rings is 1. The first-order valence-corrected chi connectivity index (χ1v) is 7.09. The second-order valence-corrected chi connectivity index (χ2v) is 5.66. The van der Waals surface area contributed by atoms with E-state index < -0.39 is 17.6 Å². The van der Waals surface area contributed by atoms with Crippen molar-refractivity contribution in [3.63, 3.8) is 0 Å². The Morgan fingerprint density at radius 2 is 1.80 bits per heavy atom. The van der Waals surface area contributed by atoms with E-state index in [9.17, 15) is 17.6 Å². The third-order valence-corrected chi connectivity index (χ3v) is 4.09. The fourth-order valence-corrected chi connectivity index (χ4v) is 2.78. The maximum atomic E-state index is 13.8. The van der Waals surface area contributed by atoms with Crippen LogP contribution in [0.4, 0.5) is 23.2 Å². The van der Waals surface area contributed by atoms with Crippen LogP contribution >= 0.6 is 11.6 Å². The Morgan fingerprint density at radius 1 is 1.10 bits per heavy atom. The first-order chi connectivity index (χ1) is 9.38. The van der Waals surface area contributed by atoms with Gasteiger partial charge in [-0.25, -0.2) is 4.39 Å². The van der Waals surface area contributed by atoms with Crippen LogP contribution in [0.3, 0.4) is 0 Å². The van der Waals surface area contributed by atoms with Gasteiger partial charge in [-0.15, -0.1) is 11.6 Å². The van der Waals surface area contributed by atoms with Crippen LogP contribution < -0.4 is 5.32 Å². The fraction of sp³-hybridized carbons (Fsp3) is 0.571. The Labute approximate surface area is 120 Å². The van der Waals surface area contributed by atoms with Gasteiger partial charge in [0.25, 0.3) is 0 Å². The summed E-state index contributed by atoms with van der Waals surface area (Å²) < 4.78 is 51.2. The van der Waals surface area contributed by atoms with Crippen LogP contribution in [-0.2, 0) is 6.18 Å². The average molecular weight is 310 g/mol. The largest absolute Gasteiger partial charge is 0.416 e. The van der Waals surface area contributed by atoms with Crippen molar-refractivity contribution in [1.29, 1.82) is 0 Å². The quantitative estimate of drug-likeness (QED) is 0.450. The van der Waals surface area contributed by atoms with Crippen molar-refractivity contribution in [2.24, 2.45) is 0 Å². The predicted octanol–water partition coefficient (Wildman–Crippen LogP) is 5.20. The van der Waals surface area contributed by atoms with Gasteiger partial charge in [-0.1, -0.05) is 19.3 Å². The highest BCUT2D eigenvalue weighted by Crippen LogP contribution is 2.32. The summed E-state index contributed by atoms with van der Waals surface area (Å²) in [6, 6.07) is 2.42. The highest BCUT2D eigenvalue weighted by Gasteiger charge is 2.31. The molecule has 1 aromatic rings. The molecule has 6 heteroatoms. The molecular formula is C14H16ClF4N. The van der Waals surface area contributed by atoms with Gasteiger partial charge in [-0.3, -0.25) is 0 Å². The Morgan fingerprint density at radius 3 is 2.45 bits per heavy atom. The van der Waals surface area contributed by atoms with Crippen molar-refractivity contribution in [3.05, 3.63) is 29.6 Å². The molecule has 0 bridgehead atoms. The minimum Gasteiger partial charge on any atom is -0.378 e. The molecule has 0 aromatic heterocycles. The van der Waals surface area contributed by atoms with Gasteiger partial charge in [0.15, 0.2) is 0 Å². The zero-order valence-corrected chi connectivity index (χ0v) is 11.6. The maximum Gasteiger partial charge on any atom is 0.416 e. The molecule has 2 atom stereocenters. The standard InChI is InChI=1S/C14H16ClF4N/c15-10-4-2-1-3-5-12(10)20-13-7-6-9(8-11(13)16)14(17,18)19/h6-8,10,12,20H,1-5H2. The SMILES string of the molecule is Fc1cc(C(F)(F)F)ccc1NC1CCCCCC1Cl. The molecule has 2 rings (SSSR count). The van der Waals surface area contributed by atoms with Gasteiger partial charge in [-0.2, -0.15) is 13.2 Å². The van der Waals surface area contributed by atoms with Crippen molar-refractivity contribution in [3.8, 4) is 0 Å². The second-order valence-electron chi connectivity index (χ2n) is 5.10. The smallest absolute Gasteiger partial charge is 0.378 e. The lowest BCUT2D eigenvalue weighted by Gasteiger charge is -2.23. The molecule has 0 spiro atoms. The summed E-state index contributed by atoms with van der Waals surface area (Å²) in [6.45, 7) is 0. The van der Waals surface area contributed by atoms with Gasteiger partial charge in [0.1, 0.15) is 5.82 Å². The van der Waals surface area contributed by atoms with Gasteiger partial charge < -0.3 is 5.32 Å². The van der Waals surface area contributed by atoms with Crippen molar-refractivity contribution < 1.29 is 17.6 Å². The zero-order chi connectivity index (χ0) is 14.8. The van der Waals surface area contributed by atoms with Crippen LogP contribution in [0.5, 0.6) is 0 Å². The molecule has 2 unspecified atom stereocenters. The van der Waals surface area contributed by atoms with Gasteiger partial charge >= 0.3 is 6.18 Å². The van der Waals surface area contributed by atoms with Crippen molar-refractivity contribution in [2.75, 3.05) is 5.32 Å². The Hall–Kier alpha value is -0.970. The van der Waals surface area contributed by atoms with Crippen LogP contribution in [0.15, 0.2) is 18.2 Å². The lowest BCUT2D eigenvalue weighted by Crippen LogP contribution is -2.29. The number of anilines is 1. The molecule has 1 fully saturated rings. The van der Waals surface area contributed by atoms with Crippen molar-refractivity contribution in [2.45, 2.75) is 49.7 Å². The van der Waals surface area contributed by atoms with E-state index in [1.54, 1.807) is 0 Å². The molecular weight excluding hydrogens is 294 g/mol. The predicted molar refractivity (Wildman–Crippen MR) is 71.5 cm³/mol. The first-order valence-electron chi connectivity index (χ1n) is 6.65. The molecule has 1 aliphatic rings. The molecule has 1 N–H and O–H groups in total. The molecule has 0 amide bonds. The average Bonchev–Trinajstić information content (AvgIpc) is 2.56. The van der Waals surface area contributed by atoms with Crippen LogP contribution in [0, 0.1) is 5.82 Å². The number of alkyl halides is 4. The van der Waals surface area contributed by atoms with E-state index in [4.69, 9.17) is 11.6 Å². The summed E-state index contributed by atoms with van der Waals surface area (Å²) in [7, 11) is 0. The normalized spacial score (nSPS) is 24.2. The lowest BCUT2D eigenvalue weighted by atomic mass is 10.1. The van der Waals surface area contributed by atoms with Gasteiger partial charge in [0.2, 0.25) is 0 Å². The Bertz CT molecular complexity index is 461. The van der Waals surface area contributed by atoms with Crippen LogP contribution in [-0.4, -0.2) is 11.4 Å². The van der Waals surface area contributed by atoms with E-state index in [0.29, 0.717) is 6.07 Å². The van der Waals surface area contributed by atoms with Gasteiger partial charge in [0.05, 0.1) is 16.6 Å². The van der Waals surface area contributed by atoms with Crippen LogP contribution in [0.25, 0.3) is 0 Å². The third kappa shape index (κ3) is 3.78. The van der Waals surface area contributed by atoms with Gasteiger partial charge in [-0.05, 0) is 31.0 Å². The third-order valence-electron chi connectivity index (χ3n) is 3.57. The van der Waals surface area contributed by atoms with E-state index in [0.717, 1.165) is 44.2 Å². The molecule has 0 radical (unpaired) electrons. The highest BCUT2D eigenvalue weighted by atomic mass is 35.5. The van der Waals surface area contributed by atoms with Crippen LogP contribution in [0.1, 0.15) is 37.7 Å². The minimum absolute atomic E-state index is 0.0792.